The molecule has 0 aromatic carbocycles. The largest absolute Gasteiger partial charge is 0.481 e. The van der Waals surface area contributed by atoms with E-state index >= 15 is 4.39 Å². The van der Waals surface area contributed by atoms with Gasteiger partial charge in [-0.1, -0.05) is 0 Å². The van der Waals surface area contributed by atoms with Gasteiger partial charge >= 0.3 is 11.9 Å². The van der Waals surface area contributed by atoms with Gasteiger partial charge in [0.05, 0.1) is 24.0 Å². The van der Waals surface area contributed by atoms with E-state index < -0.39 is 74.6 Å². The van der Waals surface area contributed by atoms with Crippen molar-refractivity contribution in [1.82, 2.24) is 19.3 Å². The third-order valence-corrected chi connectivity index (χ3v) is 6.26. The summed E-state index contributed by atoms with van der Waals surface area (Å²) in [4.78, 5) is 30.0. The maximum absolute atomic E-state index is 15.7. The number of rotatable bonds is 9. The molecule has 1 unspecified atom stereocenters. The summed E-state index contributed by atoms with van der Waals surface area (Å²) in [6.45, 7) is 1.64. The lowest BCUT2D eigenvalue weighted by Gasteiger charge is -2.16. The fourth-order valence-electron chi connectivity index (χ4n) is 3.08. The van der Waals surface area contributed by atoms with E-state index in [0.717, 1.165) is 18.5 Å². The Kier molecular flexibility index (Phi) is 7.37. The van der Waals surface area contributed by atoms with Crippen molar-refractivity contribution < 1.29 is 36.6 Å². The molecule has 0 bridgehead atoms. The molecule has 0 amide bonds. The first kappa shape index (κ1) is 24.9. The third kappa shape index (κ3) is 5.10. The molecule has 34 heavy (non-hydrogen) atoms. The van der Waals surface area contributed by atoms with Gasteiger partial charge in [0.2, 0.25) is 5.95 Å². The highest BCUT2D eigenvalue weighted by Crippen LogP contribution is 2.34. The number of halogens is 2. The second-order valence-corrected chi connectivity index (χ2v) is 8.88. The first-order chi connectivity index (χ1) is 16.1. The lowest BCUT2D eigenvalue weighted by molar-refractivity contribution is -0.153. The number of ether oxygens (including phenoxy) is 1. The first-order valence-corrected chi connectivity index (χ1v) is 11.3. The number of hydrogen-bond acceptors (Lipinski definition) is 8. The Morgan fingerprint density at radius 2 is 1.94 bits per heavy atom. The molecule has 2 N–H and O–H groups in total. The number of aliphatic carboxylic acids is 1. The van der Waals surface area contributed by atoms with Crippen molar-refractivity contribution >= 4 is 22.0 Å². The topological polar surface area (TPSA) is 140 Å². The molecule has 3 rings (SSSR count). The predicted molar refractivity (Wildman–Crippen MR) is 114 cm³/mol. The Hall–Kier alpha value is -3.71. The van der Waals surface area contributed by atoms with Crippen LogP contribution in [0, 0.1) is 18.7 Å². The van der Waals surface area contributed by atoms with Gasteiger partial charge in [0.15, 0.2) is 17.1 Å². The molecule has 13 heteroatoms. The number of aromatic nitrogens is 3. The average Bonchev–Trinajstić information content (AvgIpc) is 3.14. The molecule has 3 aromatic heterocycles. The number of carboxylic acids is 1. The van der Waals surface area contributed by atoms with Gasteiger partial charge in [-0.15, -0.1) is 0 Å². The molecule has 0 aliphatic carbocycles. The summed E-state index contributed by atoms with van der Waals surface area (Å²) < 4.78 is 62.5. The third-order valence-electron chi connectivity index (χ3n) is 4.70. The molecule has 0 saturated heterocycles. The number of pyridine rings is 2. The van der Waals surface area contributed by atoms with E-state index in [4.69, 9.17) is 9.84 Å². The first-order valence-electron chi connectivity index (χ1n) is 9.84. The van der Waals surface area contributed by atoms with Gasteiger partial charge < -0.3 is 9.84 Å². The number of carboxylic acid groups (broad SMARTS) is 1. The van der Waals surface area contributed by atoms with Crippen LogP contribution in [0.15, 0.2) is 47.9 Å². The maximum Gasteiger partial charge on any atom is 0.308 e. The number of aryl methyl sites for hydroxylation is 1. The molecule has 0 fully saturated rings. The Morgan fingerprint density at radius 3 is 2.56 bits per heavy atom. The number of esters is 1. The van der Waals surface area contributed by atoms with E-state index in [1.807, 2.05) is 0 Å². The zero-order valence-electron chi connectivity index (χ0n) is 18.0. The smallest absolute Gasteiger partial charge is 0.308 e. The van der Waals surface area contributed by atoms with Crippen molar-refractivity contribution in [3.8, 4) is 11.3 Å². The molecule has 0 spiro atoms. The highest BCUT2D eigenvalue weighted by molar-refractivity contribution is 7.90. The minimum atomic E-state index is -4.53. The molecule has 180 valence electrons. The van der Waals surface area contributed by atoms with Crippen LogP contribution < -0.4 is 5.32 Å². The van der Waals surface area contributed by atoms with Crippen molar-refractivity contribution in [2.24, 2.45) is 0 Å². The molecule has 10 nitrogen and oxygen atoms in total. The van der Waals surface area contributed by atoms with Crippen molar-refractivity contribution in [3.63, 3.8) is 0 Å². The highest BCUT2D eigenvalue weighted by atomic mass is 32.2. The minimum absolute atomic E-state index is 0.418. The van der Waals surface area contributed by atoms with Crippen molar-refractivity contribution in [3.05, 3.63) is 65.7 Å². The zero-order chi connectivity index (χ0) is 25.0. The lowest BCUT2D eigenvalue weighted by atomic mass is 10.1. The maximum atomic E-state index is 15.7. The fourth-order valence-corrected chi connectivity index (χ4v) is 4.48. The molecular weight excluding hydrogens is 474 g/mol. The molecule has 1 atom stereocenters. The van der Waals surface area contributed by atoms with Crippen LogP contribution in [-0.2, 0) is 24.3 Å². The van der Waals surface area contributed by atoms with Crippen LogP contribution in [0.2, 0.25) is 0 Å². The standard InChI is InChI=1S/C21H20F2N4O6S/c1-12-7-9-25-15(10-12)34(31,32)27-11-14(21(24-2)33-17(30)6-5-16(28)29)18(22)19(27)13-4-3-8-26-20(13)23/h3-4,7-11,21,24H,5-6H2,1-2H3,(H,28,29). The van der Waals surface area contributed by atoms with Crippen LogP contribution in [0.5, 0.6) is 0 Å². The summed E-state index contributed by atoms with van der Waals surface area (Å²) in [6, 6.07) is 5.27. The second-order valence-electron chi connectivity index (χ2n) is 7.11. The van der Waals surface area contributed by atoms with E-state index in [-0.39, 0.29) is 0 Å². The number of nitrogens with one attached hydrogen (secondary N) is 1. The Balaban J connectivity index is 2.18. The minimum Gasteiger partial charge on any atom is -0.481 e. The summed E-state index contributed by atoms with van der Waals surface area (Å²) in [5.41, 5.74) is -0.989. The fraction of sp³-hybridized carbons (Fsp3) is 0.238. The van der Waals surface area contributed by atoms with Crippen LogP contribution in [0.3, 0.4) is 0 Å². The van der Waals surface area contributed by atoms with E-state index in [1.165, 1.54) is 25.4 Å². The van der Waals surface area contributed by atoms with Gasteiger partial charge in [-0.2, -0.15) is 12.8 Å². The van der Waals surface area contributed by atoms with E-state index in [1.54, 1.807) is 13.0 Å². The van der Waals surface area contributed by atoms with E-state index in [9.17, 15) is 22.4 Å². The van der Waals surface area contributed by atoms with Gasteiger partial charge in [-0.05, 0) is 43.8 Å². The van der Waals surface area contributed by atoms with Crippen molar-refractivity contribution in [2.45, 2.75) is 31.0 Å². The SMILES string of the molecule is CNC(OC(=O)CCC(=O)O)c1cn(S(=O)(=O)c2cc(C)ccn2)c(-c2cccnc2F)c1F. The van der Waals surface area contributed by atoms with Crippen LogP contribution in [0.25, 0.3) is 11.3 Å². The normalized spacial score (nSPS) is 12.4. The summed E-state index contributed by atoms with van der Waals surface area (Å²) in [7, 11) is -3.21. The van der Waals surface area contributed by atoms with Crippen LogP contribution in [0.4, 0.5) is 8.78 Å². The van der Waals surface area contributed by atoms with Gasteiger partial charge in [0.1, 0.15) is 5.69 Å². The van der Waals surface area contributed by atoms with Crippen molar-refractivity contribution in [1.29, 1.82) is 0 Å². The van der Waals surface area contributed by atoms with Gasteiger partial charge in [0, 0.05) is 18.6 Å². The van der Waals surface area contributed by atoms with Gasteiger partial charge in [0.25, 0.3) is 10.0 Å². The quantitative estimate of drug-likeness (QED) is 0.261. The second kappa shape index (κ2) is 10.1. The number of carbonyl (C=O) groups is 2. The Bertz CT molecular complexity index is 1340. The molecule has 0 aliphatic rings. The van der Waals surface area contributed by atoms with E-state index in [2.05, 4.69) is 15.3 Å². The average molecular weight is 494 g/mol. The molecule has 3 aromatic rings. The monoisotopic (exact) mass is 494 g/mol. The molecule has 0 saturated carbocycles. The molecule has 3 heterocycles. The highest BCUT2D eigenvalue weighted by Gasteiger charge is 2.32. The Labute approximate surface area is 193 Å². The predicted octanol–water partition coefficient (Wildman–Crippen LogP) is 2.39. The molecule has 0 aliphatic heterocycles. The van der Waals surface area contributed by atoms with Crippen molar-refractivity contribution in [2.75, 3.05) is 7.05 Å². The van der Waals surface area contributed by atoms with E-state index in [0.29, 0.717) is 9.54 Å². The van der Waals surface area contributed by atoms with Crippen LogP contribution in [0.1, 0.15) is 30.2 Å². The molecule has 0 radical (unpaired) electrons. The zero-order valence-corrected chi connectivity index (χ0v) is 18.8. The number of nitrogens with zero attached hydrogens (tertiary/aromatic N) is 3. The number of hydrogen-bond donors (Lipinski definition) is 2. The summed E-state index contributed by atoms with van der Waals surface area (Å²) in [5, 5.41) is 10.8. The molecular formula is C21H20F2N4O6S. The van der Waals surface area contributed by atoms with Gasteiger partial charge in [-0.3, -0.25) is 14.9 Å². The van der Waals surface area contributed by atoms with Gasteiger partial charge in [-0.25, -0.2) is 18.3 Å². The number of carbonyl (C=O) groups excluding carboxylic acids is 1. The summed E-state index contributed by atoms with van der Waals surface area (Å²) in [5.74, 6) is -4.51. The van der Waals surface area contributed by atoms with Crippen LogP contribution >= 0.6 is 0 Å². The Morgan fingerprint density at radius 1 is 1.21 bits per heavy atom. The summed E-state index contributed by atoms with van der Waals surface area (Å²) >= 11 is 0. The summed E-state index contributed by atoms with van der Waals surface area (Å²) in [6.07, 6.45) is 0.712. The lowest BCUT2D eigenvalue weighted by Crippen LogP contribution is -2.24. The van der Waals surface area contributed by atoms with Crippen LogP contribution in [-0.4, -0.2) is 46.5 Å².